The Morgan fingerprint density at radius 1 is 1.18 bits per heavy atom. The van der Waals surface area contributed by atoms with Gasteiger partial charge in [0.05, 0.1) is 0 Å². The summed E-state index contributed by atoms with van der Waals surface area (Å²) in [4.78, 5) is 3.88. The van der Waals surface area contributed by atoms with Gasteiger partial charge in [0.25, 0.3) is 0 Å². The molecule has 2 aromatic rings. The number of ether oxygens (including phenoxy) is 1. The Morgan fingerprint density at radius 2 is 1.88 bits per heavy atom. The van der Waals surface area contributed by atoms with Crippen molar-refractivity contribution in [2.45, 2.75) is 6.61 Å². The third-order valence-electron chi connectivity index (χ3n) is 2.16. The fraction of sp³-hybridized carbons (Fsp3) is 0.0833. The highest BCUT2D eigenvalue weighted by Gasteiger charge is 2.04. The van der Waals surface area contributed by atoms with E-state index in [0.29, 0.717) is 11.4 Å². The van der Waals surface area contributed by atoms with E-state index in [9.17, 15) is 8.78 Å². The fourth-order valence-corrected chi connectivity index (χ4v) is 1.35. The zero-order valence-electron chi connectivity index (χ0n) is 8.86. The van der Waals surface area contributed by atoms with Gasteiger partial charge in [-0.2, -0.15) is 0 Å². The van der Waals surface area contributed by atoms with E-state index in [-0.39, 0.29) is 12.4 Å². The minimum Gasteiger partial charge on any atom is -0.489 e. The number of halogens is 2. The standard InChI is InChI=1S/C12H10F2N2O/c13-9-4-10(14)6-11(5-9)17-7-8-2-1-3-16-12(8)15/h1-6H,7H2,(H2,15,16). The number of pyridine rings is 1. The molecule has 0 unspecified atom stereocenters. The molecule has 2 rings (SSSR count). The second kappa shape index (κ2) is 4.78. The minimum absolute atomic E-state index is 0.114. The molecule has 0 saturated heterocycles. The summed E-state index contributed by atoms with van der Waals surface area (Å²) >= 11 is 0. The average Bonchev–Trinajstić information content (AvgIpc) is 2.27. The Bertz CT molecular complexity index is 511. The van der Waals surface area contributed by atoms with Crippen molar-refractivity contribution in [2.75, 3.05) is 5.73 Å². The Labute approximate surface area is 96.9 Å². The second-order valence-electron chi connectivity index (χ2n) is 3.44. The quantitative estimate of drug-likeness (QED) is 0.890. The molecule has 1 aromatic carbocycles. The van der Waals surface area contributed by atoms with E-state index in [2.05, 4.69) is 4.98 Å². The van der Waals surface area contributed by atoms with E-state index in [1.165, 1.54) is 0 Å². The fourth-order valence-electron chi connectivity index (χ4n) is 1.35. The Balaban J connectivity index is 2.10. The maximum absolute atomic E-state index is 12.9. The molecule has 0 radical (unpaired) electrons. The molecule has 88 valence electrons. The number of benzene rings is 1. The monoisotopic (exact) mass is 236 g/mol. The van der Waals surface area contributed by atoms with Crippen LogP contribution < -0.4 is 10.5 Å². The van der Waals surface area contributed by atoms with Gasteiger partial charge in [-0.25, -0.2) is 13.8 Å². The predicted molar refractivity (Wildman–Crippen MR) is 59.3 cm³/mol. The molecule has 0 atom stereocenters. The first-order valence-electron chi connectivity index (χ1n) is 4.93. The maximum Gasteiger partial charge on any atom is 0.129 e. The number of nitrogens with two attached hydrogens (primary N) is 1. The molecule has 3 nitrogen and oxygen atoms in total. The second-order valence-corrected chi connectivity index (χ2v) is 3.44. The van der Waals surface area contributed by atoms with Crippen LogP contribution in [0.15, 0.2) is 36.5 Å². The third kappa shape index (κ3) is 2.90. The van der Waals surface area contributed by atoms with Gasteiger partial charge in [0, 0.05) is 30.0 Å². The lowest BCUT2D eigenvalue weighted by Crippen LogP contribution is -2.02. The lowest BCUT2D eigenvalue weighted by molar-refractivity contribution is 0.303. The summed E-state index contributed by atoms with van der Waals surface area (Å²) < 4.78 is 31.0. The van der Waals surface area contributed by atoms with Gasteiger partial charge in [-0.1, -0.05) is 6.07 Å². The van der Waals surface area contributed by atoms with Crippen molar-refractivity contribution in [3.8, 4) is 5.75 Å². The highest BCUT2D eigenvalue weighted by molar-refractivity contribution is 5.38. The van der Waals surface area contributed by atoms with Crippen LogP contribution >= 0.6 is 0 Å². The van der Waals surface area contributed by atoms with Crippen molar-refractivity contribution in [3.05, 3.63) is 53.7 Å². The molecule has 2 N–H and O–H groups in total. The number of anilines is 1. The van der Waals surface area contributed by atoms with Gasteiger partial charge < -0.3 is 10.5 Å². The summed E-state index contributed by atoms with van der Waals surface area (Å²) in [5.74, 6) is -0.909. The summed E-state index contributed by atoms with van der Waals surface area (Å²) in [5, 5.41) is 0. The van der Waals surface area contributed by atoms with Crippen molar-refractivity contribution in [1.82, 2.24) is 4.98 Å². The van der Waals surface area contributed by atoms with Crippen molar-refractivity contribution in [3.63, 3.8) is 0 Å². The first-order valence-corrected chi connectivity index (χ1v) is 4.93. The Kier molecular flexibility index (Phi) is 3.18. The molecule has 0 aliphatic heterocycles. The topological polar surface area (TPSA) is 48.1 Å². The zero-order chi connectivity index (χ0) is 12.3. The molecular formula is C12H10F2N2O. The SMILES string of the molecule is Nc1ncccc1COc1cc(F)cc(F)c1. The highest BCUT2D eigenvalue weighted by Crippen LogP contribution is 2.17. The highest BCUT2D eigenvalue weighted by atomic mass is 19.1. The van der Waals surface area contributed by atoms with Crippen molar-refractivity contribution in [1.29, 1.82) is 0 Å². The molecule has 0 aliphatic rings. The molecule has 5 heteroatoms. The number of aromatic nitrogens is 1. The van der Waals surface area contributed by atoms with Gasteiger partial charge in [-0.05, 0) is 6.07 Å². The molecule has 1 aromatic heterocycles. The molecule has 0 amide bonds. The van der Waals surface area contributed by atoms with Crippen LogP contribution in [0.25, 0.3) is 0 Å². The number of rotatable bonds is 3. The maximum atomic E-state index is 12.9. The molecule has 0 saturated carbocycles. The summed E-state index contributed by atoms with van der Waals surface area (Å²) in [6.07, 6.45) is 1.56. The zero-order valence-corrected chi connectivity index (χ0v) is 8.86. The third-order valence-corrected chi connectivity index (χ3v) is 2.16. The minimum atomic E-state index is -0.681. The van der Waals surface area contributed by atoms with Gasteiger partial charge in [-0.15, -0.1) is 0 Å². The van der Waals surface area contributed by atoms with E-state index < -0.39 is 11.6 Å². The van der Waals surface area contributed by atoms with E-state index in [1.54, 1.807) is 18.3 Å². The first kappa shape index (κ1) is 11.3. The molecule has 1 heterocycles. The van der Waals surface area contributed by atoms with E-state index in [1.807, 2.05) is 0 Å². The largest absolute Gasteiger partial charge is 0.489 e. The van der Waals surface area contributed by atoms with E-state index in [0.717, 1.165) is 18.2 Å². The van der Waals surface area contributed by atoms with Gasteiger partial charge in [-0.3, -0.25) is 0 Å². The molecule has 0 aliphatic carbocycles. The van der Waals surface area contributed by atoms with Crippen LogP contribution in [0.1, 0.15) is 5.56 Å². The van der Waals surface area contributed by atoms with Crippen LogP contribution in [0, 0.1) is 11.6 Å². The number of hydrogen-bond donors (Lipinski definition) is 1. The lowest BCUT2D eigenvalue weighted by Gasteiger charge is -2.07. The van der Waals surface area contributed by atoms with Crippen molar-refractivity contribution in [2.24, 2.45) is 0 Å². The predicted octanol–water partition coefficient (Wildman–Crippen LogP) is 2.52. The van der Waals surface area contributed by atoms with Gasteiger partial charge in [0.1, 0.15) is 29.8 Å². The number of nitrogens with zero attached hydrogens (tertiary/aromatic N) is 1. The molecule has 0 bridgehead atoms. The van der Waals surface area contributed by atoms with Crippen molar-refractivity contribution < 1.29 is 13.5 Å². The summed E-state index contributed by atoms with van der Waals surface area (Å²) in [7, 11) is 0. The van der Waals surface area contributed by atoms with Gasteiger partial charge in [0.15, 0.2) is 0 Å². The summed E-state index contributed by atoms with van der Waals surface area (Å²) in [6.45, 7) is 0.114. The van der Waals surface area contributed by atoms with Crippen LogP contribution in [-0.4, -0.2) is 4.98 Å². The van der Waals surface area contributed by atoms with Gasteiger partial charge in [0.2, 0.25) is 0 Å². The smallest absolute Gasteiger partial charge is 0.129 e. The van der Waals surface area contributed by atoms with Crippen LogP contribution in [0.3, 0.4) is 0 Å². The van der Waals surface area contributed by atoms with Crippen LogP contribution in [0.2, 0.25) is 0 Å². The van der Waals surface area contributed by atoms with Crippen molar-refractivity contribution >= 4 is 5.82 Å². The first-order chi connectivity index (χ1) is 8.15. The molecule has 0 fully saturated rings. The van der Waals surface area contributed by atoms with Crippen LogP contribution in [-0.2, 0) is 6.61 Å². The normalized spacial score (nSPS) is 10.2. The molecule has 0 spiro atoms. The van der Waals surface area contributed by atoms with Crippen LogP contribution in [0.5, 0.6) is 5.75 Å². The summed E-state index contributed by atoms with van der Waals surface area (Å²) in [5.41, 5.74) is 6.27. The lowest BCUT2D eigenvalue weighted by atomic mass is 10.2. The van der Waals surface area contributed by atoms with E-state index in [4.69, 9.17) is 10.5 Å². The van der Waals surface area contributed by atoms with E-state index >= 15 is 0 Å². The van der Waals surface area contributed by atoms with Gasteiger partial charge >= 0.3 is 0 Å². The Hall–Kier alpha value is -2.17. The van der Waals surface area contributed by atoms with Crippen LogP contribution in [0.4, 0.5) is 14.6 Å². The number of nitrogen functional groups attached to an aromatic ring is 1. The molecule has 17 heavy (non-hydrogen) atoms. The summed E-state index contributed by atoms with van der Waals surface area (Å²) in [6, 6.07) is 6.44. The molecular weight excluding hydrogens is 226 g/mol. The number of hydrogen-bond acceptors (Lipinski definition) is 3. The Morgan fingerprint density at radius 3 is 2.53 bits per heavy atom. The average molecular weight is 236 g/mol.